The van der Waals surface area contributed by atoms with Gasteiger partial charge in [-0.05, 0) is 24.8 Å². The van der Waals surface area contributed by atoms with E-state index in [4.69, 9.17) is 16.3 Å². The lowest BCUT2D eigenvalue weighted by molar-refractivity contribution is -0.384. The van der Waals surface area contributed by atoms with Crippen molar-refractivity contribution in [3.8, 4) is 5.75 Å². The van der Waals surface area contributed by atoms with E-state index >= 15 is 0 Å². The van der Waals surface area contributed by atoms with Gasteiger partial charge in [0.05, 0.1) is 4.92 Å². The molecule has 1 amide bonds. The van der Waals surface area contributed by atoms with Crippen LogP contribution in [-0.4, -0.2) is 24.0 Å². The summed E-state index contributed by atoms with van der Waals surface area (Å²) in [5, 5.41) is 13.3. The number of rotatable bonds is 6. The van der Waals surface area contributed by atoms with Gasteiger partial charge in [-0.15, -0.1) is 0 Å². The molecule has 1 aromatic carbocycles. The Bertz CT molecular complexity index is 503. The lowest BCUT2D eigenvalue weighted by Gasteiger charge is -2.07. The molecule has 1 saturated carbocycles. The third kappa shape index (κ3) is 4.10. The van der Waals surface area contributed by atoms with Gasteiger partial charge in [-0.1, -0.05) is 11.6 Å². The summed E-state index contributed by atoms with van der Waals surface area (Å²) < 4.78 is 5.22. The molecule has 0 saturated heterocycles. The minimum absolute atomic E-state index is 0.0131. The average Bonchev–Trinajstić information content (AvgIpc) is 3.17. The summed E-state index contributed by atoms with van der Waals surface area (Å²) in [6, 6.07) is 3.99. The molecule has 1 fully saturated rings. The van der Waals surface area contributed by atoms with Gasteiger partial charge in [0.15, 0.2) is 6.61 Å². The van der Waals surface area contributed by atoms with E-state index in [9.17, 15) is 14.9 Å². The second kappa shape index (κ2) is 5.88. The fourth-order valence-electron chi connectivity index (χ4n) is 1.51. The van der Waals surface area contributed by atoms with Gasteiger partial charge in [0.25, 0.3) is 11.6 Å². The van der Waals surface area contributed by atoms with Crippen LogP contribution in [0.2, 0.25) is 5.02 Å². The quantitative estimate of drug-likeness (QED) is 0.641. The third-order valence-corrected chi connectivity index (χ3v) is 3.07. The highest BCUT2D eigenvalue weighted by atomic mass is 35.5. The Labute approximate surface area is 114 Å². The molecule has 1 aliphatic rings. The van der Waals surface area contributed by atoms with Crippen molar-refractivity contribution in [2.75, 3.05) is 13.2 Å². The largest absolute Gasteiger partial charge is 0.484 e. The molecule has 0 aromatic heterocycles. The summed E-state index contributed by atoms with van der Waals surface area (Å²) in [7, 11) is 0. The number of hydrogen-bond donors (Lipinski definition) is 1. The minimum Gasteiger partial charge on any atom is -0.484 e. The summed E-state index contributed by atoms with van der Waals surface area (Å²) in [5.74, 6) is 0.733. The van der Waals surface area contributed by atoms with Crippen LogP contribution < -0.4 is 10.1 Å². The number of carbonyl (C=O) groups excluding carboxylic acids is 1. The van der Waals surface area contributed by atoms with E-state index in [1.165, 1.54) is 31.0 Å². The molecule has 0 bridgehead atoms. The minimum atomic E-state index is -0.575. The van der Waals surface area contributed by atoms with Gasteiger partial charge >= 0.3 is 0 Å². The molecule has 0 atom stereocenters. The first-order valence-corrected chi connectivity index (χ1v) is 6.27. The first-order valence-electron chi connectivity index (χ1n) is 5.89. The van der Waals surface area contributed by atoms with Crippen LogP contribution in [0.1, 0.15) is 12.8 Å². The van der Waals surface area contributed by atoms with Crippen molar-refractivity contribution in [1.29, 1.82) is 0 Å². The normalized spacial score (nSPS) is 13.9. The van der Waals surface area contributed by atoms with Crippen LogP contribution in [0.3, 0.4) is 0 Å². The van der Waals surface area contributed by atoms with E-state index < -0.39 is 4.92 Å². The Kier molecular flexibility index (Phi) is 4.21. The van der Waals surface area contributed by atoms with Crippen LogP contribution in [0.5, 0.6) is 5.75 Å². The highest BCUT2D eigenvalue weighted by Gasteiger charge is 2.21. The van der Waals surface area contributed by atoms with Crippen LogP contribution in [0.4, 0.5) is 5.69 Å². The first kappa shape index (κ1) is 13.6. The maximum atomic E-state index is 11.4. The highest BCUT2D eigenvalue weighted by Crippen LogP contribution is 2.28. The maximum Gasteiger partial charge on any atom is 0.288 e. The summed E-state index contributed by atoms with van der Waals surface area (Å²) in [6.07, 6.45) is 2.33. The summed E-state index contributed by atoms with van der Waals surface area (Å²) >= 11 is 5.73. The van der Waals surface area contributed by atoms with E-state index in [-0.39, 0.29) is 23.2 Å². The molecule has 0 spiro atoms. The predicted octanol–water partition coefficient (Wildman–Crippen LogP) is 2.15. The topological polar surface area (TPSA) is 81.5 Å². The van der Waals surface area contributed by atoms with Crippen molar-refractivity contribution in [2.45, 2.75) is 12.8 Å². The Balaban J connectivity index is 1.83. The summed E-state index contributed by atoms with van der Waals surface area (Å²) in [4.78, 5) is 21.4. The highest BCUT2D eigenvalue weighted by molar-refractivity contribution is 6.32. The van der Waals surface area contributed by atoms with E-state index in [2.05, 4.69) is 5.32 Å². The van der Waals surface area contributed by atoms with Crippen molar-refractivity contribution in [3.63, 3.8) is 0 Å². The van der Waals surface area contributed by atoms with Crippen molar-refractivity contribution in [1.82, 2.24) is 5.32 Å². The smallest absolute Gasteiger partial charge is 0.288 e. The van der Waals surface area contributed by atoms with Crippen LogP contribution >= 0.6 is 11.6 Å². The number of benzene rings is 1. The van der Waals surface area contributed by atoms with E-state index in [0.29, 0.717) is 18.2 Å². The molecule has 0 heterocycles. The monoisotopic (exact) mass is 284 g/mol. The number of carbonyl (C=O) groups is 1. The van der Waals surface area contributed by atoms with Crippen molar-refractivity contribution in [2.24, 2.45) is 5.92 Å². The Morgan fingerprint density at radius 2 is 2.26 bits per heavy atom. The number of nitrogens with zero attached hydrogens (tertiary/aromatic N) is 1. The van der Waals surface area contributed by atoms with Gasteiger partial charge in [-0.3, -0.25) is 14.9 Å². The second-order valence-corrected chi connectivity index (χ2v) is 4.81. The fraction of sp³-hybridized carbons (Fsp3) is 0.417. The van der Waals surface area contributed by atoms with E-state index in [0.717, 1.165) is 0 Å². The Hall–Kier alpha value is -1.82. The van der Waals surface area contributed by atoms with Crippen molar-refractivity contribution in [3.05, 3.63) is 33.3 Å². The standard InChI is InChI=1S/C12H13ClN2O4/c13-10-5-9(3-4-11(10)15(17)18)19-7-12(16)14-6-8-1-2-8/h3-5,8H,1-2,6-7H2,(H,14,16). The number of halogens is 1. The molecule has 1 aromatic rings. The van der Waals surface area contributed by atoms with Gasteiger partial charge in [-0.2, -0.15) is 0 Å². The molecule has 102 valence electrons. The number of hydrogen-bond acceptors (Lipinski definition) is 4. The number of nitrogens with one attached hydrogen (secondary N) is 1. The van der Waals surface area contributed by atoms with Crippen LogP contribution in [-0.2, 0) is 4.79 Å². The van der Waals surface area contributed by atoms with Gasteiger partial charge in [-0.25, -0.2) is 0 Å². The van der Waals surface area contributed by atoms with Crippen LogP contribution in [0.15, 0.2) is 18.2 Å². The molecule has 0 radical (unpaired) electrons. The molecule has 19 heavy (non-hydrogen) atoms. The van der Waals surface area contributed by atoms with E-state index in [1.807, 2.05) is 0 Å². The molecule has 0 aliphatic heterocycles. The van der Waals surface area contributed by atoms with Crippen molar-refractivity contribution >= 4 is 23.2 Å². The van der Waals surface area contributed by atoms with Crippen LogP contribution in [0.25, 0.3) is 0 Å². The molecule has 1 aliphatic carbocycles. The molecule has 6 nitrogen and oxygen atoms in total. The molecule has 7 heteroatoms. The zero-order valence-corrected chi connectivity index (χ0v) is 10.9. The van der Waals surface area contributed by atoms with Gasteiger partial charge in [0, 0.05) is 18.7 Å². The van der Waals surface area contributed by atoms with E-state index in [1.54, 1.807) is 0 Å². The van der Waals surface area contributed by atoms with Crippen molar-refractivity contribution < 1.29 is 14.5 Å². The molecular formula is C12H13ClN2O4. The third-order valence-electron chi connectivity index (χ3n) is 2.77. The van der Waals surface area contributed by atoms with Gasteiger partial charge < -0.3 is 10.1 Å². The lowest BCUT2D eigenvalue weighted by atomic mass is 10.3. The SMILES string of the molecule is O=C(COc1ccc([N+](=O)[O-])c(Cl)c1)NCC1CC1. The average molecular weight is 285 g/mol. The fourth-order valence-corrected chi connectivity index (χ4v) is 1.75. The molecule has 1 N–H and O–H groups in total. The van der Waals surface area contributed by atoms with Gasteiger partial charge in [0.2, 0.25) is 0 Å². The molecule has 2 rings (SSSR count). The zero-order valence-electron chi connectivity index (χ0n) is 10.1. The Morgan fingerprint density at radius 3 is 2.84 bits per heavy atom. The summed E-state index contributed by atoms with van der Waals surface area (Å²) in [5.41, 5.74) is -0.188. The number of nitro benzene ring substituents is 1. The maximum absolute atomic E-state index is 11.4. The Morgan fingerprint density at radius 1 is 1.53 bits per heavy atom. The van der Waals surface area contributed by atoms with Crippen LogP contribution in [0, 0.1) is 16.0 Å². The zero-order chi connectivity index (χ0) is 13.8. The number of nitro groups is 1. The second-order valence-electron chi connectivity index (χ2n) is 4.41. The number of ether oxygens (including phenoxy) is 1. The molecule has 0 unspecified atom stereocenters. The predicted molar refractivity (Wildman–Crippen MR) is 69.3 cm³/mol. The summed E-state index contributed by atoms with van der Waals surface area (Å²) in [6.45, 7) is 0.560. The van der Waals surface area contributed by atoms with Gasteiger partial charge in [0.1, 0.15) is 10.8 Å². The lowest BCUT2D eigenvalue weighted by Crippen LogP contribution is -2.30. The molecular weight excluding hydrogens is 272 g/mol. The number of amides is 1. The first-order chi connectivity index (χ1) is 9.06.